The first-order chi connectivity index (χ1) is 16.1. The molecule has 0 aliphatic heterocycles. The summed E-state index contributed by atoms with van der Waals surface area (Å²) in [5.41, 5.74) is 1.59. The molecular formula is C27H26N2O4. The van der Waals surface area contributed by atoms with Crippen LogP contribution in [0.15, 0.2) is 83.8 Å². The first-order valence-corrected chi connectivity index (χ1v) is 10.9. The van der Waals surface area contributed by atoms with Crippen molar-refractivity contribution >= 4 is 22.4 Å². The number of ether oxygens (including phenoxy) is 2. The van der Waals surface area contributed by atoms with Crippen LogP contribution in [-0.2, 0) is 0 Å². The third kappa shape index (κ3) is 4.20. The van der Waals surface area contributed by atoms with Crippen LogP contribution in [0.1, 0.15) is 24.2 Å². The molecule has 0 unspecified atom stereocenters. The van der Waals surface area contributed by atoms with Crippen LogP contribution >= 0.6 is 0 Å². The van der Waals surface area contributed by atoms with Gasteiger partial charge in [0.15, 0.2) is 0 Å². The van der Waals surface area contributed by atoms with Crippen LogP contribution in [-0.4, -0.2) is 30.7 Å². The number of amides is 1. The molecule has 4 rings (SSSR count). The van der Waals surface area contributed by atoms with Crippen LogP contribution in [0.4, 0.5) is 5.69 Å². The zero-order chi connectivity index (χ0) is 23.4. The Labute approximate surface area is 192 Å². The summed E-state index contributed by atoms with van der Waals surface area (Å²) in [6, 6.07) is 21.8. The number of fused-ring (bicyclic) bond motifs is 1. The molecule has 4 aromatic rings. The van der Waals surface area contributed by atoms with Crippen LogP contribution in [0.2, 0.25) is 0 Å². The number of aromatic nitrogens is 1. The van der Waals surface area contributed by atoms with Crippen molar-refractivity contribution in [2.45, 2.75) is 13.8 Å². The molecule has 1 heterocycles. The molecule has 0 aliphatic rings. The molecule has 168 valence electrons. The monoisotopic (exact) mass is 442 g/mol. The van der Waals surface area contributed by atoms with Gasteiger partial charge in [0.25, 0.3) is 11.5 Å². The topological polar surface area (TPSA) is 60.8 Å². The molecule has 0 radical (unpaired) electrons. The van der Waals surface area contributed by atoms with E-state index in [0.29, 0.717) is 52.4 Å². The van der Waals surface area contributed by atoms with E-state index in [1.54, 1.807) is 54.6 Å². The lowest BCUT2D eigenvalue weighted by Crippen LogP contribution is -2.32. The maximum absolute atomic E-state index is 13.9. The molecule has 0 bridgehead atoms. The minimum Gasteiger partial charge on any atom is -0.497 e. The molecule has 0 saturated heterocycles. The second-order valence-electron chi connectivity index (χ2n) is 7.41. The van der Waals surface area contributed by atoms with Crippen LogP contribution in [0.3, 0.4) is 0 Å². The number of rotatable bonds is 7. The van der Waals surface area contributed by atoms with E-state index in [2.05, 4.69) is 0 Å². The summed E-state index contributed by atoms with van der Waals surface area (Å²) in [5.74, 6) is 1.12. The minimum atomic E-state index is -0.205. The standard InChI is InChI=1S/C27H26N2O4/c1-4-28(24-12-8-9-13-25(24)33-5-2)27(31)23-18-29(19-14-16-20(32-3)17-15-19)26(30)22-11-7-6-10-21(22)23/h6-18H,4-5H2,1-3H3. The predicted octanol–water partition coefficient (Wildman–Crippen LogP) is 5.06. The van der Waals surface area contributed by atoms with Gasteiger partial charge in [-0.1, -0.05) is 30.3 Å². The maximum atomic E-state index is 13.9. The fourth-order valence-corrected chi connectivity index (χ4v) is 3.92. The average Bonchev–Trinajstić information content (AvgIpc) is 2.86. The van der Waals surface area contributed by atoms with Gasteiger partial charge in [0.1, 0.15) is 11.5 Å². The molecular weight excluding hydrogens is 416 g/mol. The summed E-state index contributed by atoms with van der Waals surface area (Å²) in [6.45, 7) is 4.77. The van der Waals surface area contributed by atoms with Crippen LogP contribution in [0.5, 0.6) is 11.5 Å². The number of hydrogen-bond acceptors (Lipinski definition) is 4. The summed E-state index contributed by atoms with van der Waals surface area (Å²) >= 11 is 0. The van der Waals surface area contributed by atoms with Crippen molar-refractivity contribution in [2.24, 2.45) is 0 Å². The van der Waals surface area contributed by atoms with Gasteiger partial charge in [0.2, 0.25) is 0 Å². The van der Waals surface area contributed by atoms with Crippen molar-refractivity contribution < 1.29 is 14.3 Å². The van der Waals surface area contributed by atoms with E-state index >= 15 is 0 Å². The van der Waals surface area contributed by atoms with Gasteiger partial charge in [0.05, 0.1) is 25.0 Å². The number of carbonyl (C=O) groups is 1. The van der Waals surface area contributed by atoms with Crippen LogP contribution in [0, 0.1) is 0 Å². The van der Waals surface area contributed by atoms with Gasteiger partial charge in [-0.15, -0.1) is 0 Å². The molecule has 6 nitrogen and oxygen atoms in total. The largest absolute Gasteiger partial charge is 0.497 e. The third-order valence-electron chi connectivity index (χ3n) is 5.52. The molecule has 0 aliphatic carbocycles. The molecule has 0 atom stereocenters. The Bertz CT molecular complexity index is 1340. The number of benzene rings is 3. The van der Waals surface area contributed by atoms with E-state index in [1.807, 2.05) is 50.2 Å². The lowest BCUT2D eigenvalue weighted by atomic mass is 10.1. The molecule has 6 heteroatoms. The summed E-state index contributed by atoms with van der Waals surface area (Å²) in [6.07, 6.45) is 1.63. The molecule has 3 aromatic carbocycles. The lowest BCUT2D eigenvalue weighted by molar-refractivity contribution is 0.0988. The van der Waals surface area contributed by atoms with Crippen molar-refractivity contribution in [3.63, 3.8) is 0 Å². The minimum absolute atomic E-state index is 0.190. The van der Waals surface area contributed by atoms with Crippen LogP contribution < -0.4 is 19.9 Å². The van der Waals surface area contributed by atoms with Crippen molar-refractivity contribution in [1.82, 2.24) is 4.57 Å². The van der Waals surface area contributed by atoms with E-state index in [4.69, 9.17) is 9.47 Å². The first kappa shape index (κ1) is 22.1. The van der Waals surface area contributed by atoms with E-state index in [0.717, 1.165) is 0 Å². The highest BCUT2D eigenvalue weighted by molar-refractivity contribution is 6.14. The number of methoxy groups -OCH3 is 1. The summed E-state index contributed by atoms with van der Waals surface area (Å²) in [7, 11) is 1.59. The number of pyridine rings is 1. The maximum Gasteiger partial charge on any atom is 0.262 e. The Morgan fingerprint density at radius 1 is 0.909 bits per heavy atom. The highest BCUT2D eigenvalue weighted by atomic mass is 16.5. The highest BCUT2D eigenvalue weighted by Crippen LogP contribution is 2.30. The van der Waals surface area contributed by atoms with E-state index in [1.165, 1.54) is 4.57 Å². The fourth-order valence-electron chi connectivity index (χ4n) is 3.92. The Morgan fingerprint density at radius 2 is 1.58 bits per heavy atom. The van der Waals surface area contributed by atoms with E-state index in [9.17, 15) is 9.59 Å². The van der Waals surface area contributed by atoms with Gasteiger partial charge >= 0.3 is 0 Å². The molecule has 0 fully saturated rings. The van der Waals surface area contributed by atoms with Crippen molar-refractivity contribution in [3.8, 4) is 17.2 Å². The number of hydrogen-bond donors (Lipinski definition) is 0. The van der Waals surface area contributed by atoms with E-state index in [-0.39, 0.29) is 11.5 Å². The Balaban J connectivity index is 1.90. The zero-order valence-electron chi connectivity index (χ0n) is 18.9. The average molecular weight is 443 g/mol. The molecule has 0 N–H and O–H groups in total. The summed E-state index contributed by atoms with van der Waals surface area (Å²) < 4.78 is 12.5. The highest BCUT2D eigenvalue weighted by Gasteiger charge is 2.23. The number of anilines is 1. The SMILES string of the molecule is CCOc1ccccc1N(CC)C(=O)c1cn(-c2ccc(OC)cc2)c(=O)c2ccccc12. The summed E-state index contributed by atoms with van der Waals surface area (Å²) in [4.78, 5) is 28.8. The van der Waals surface area contributed by atoms with Gasteiger partial charge in [-0.3, -0.25) is 14.2 Å². The molecule has 33 heavy (non-hydrogen) atoms. The van der Waals surface area contributed by atoms with Gasteiger partial charge in [0, 0.05) is 29.2 Å². The Kier molecular flexibility index (Phi) is 6.45. The predicted molar refractivity (Wildman–Crippen MR) is 131 cm³/mol. The number of para-hydroxylation sites is 2. The smallest absolute Gasteiger partial charge is 0.262 e. The van der Waals surface area contributed by atoms with Gasteiger partial charge in [-0.2, -0.15) is 0 Å². The Hall–Kier alpha value is -4.06. The normalized spacial score (nSPS) is 10.8. The number of nitrogens with zero attached hydrogens (tertiary/aromatic N) is 2. The van der Waals surface area contributed by atoms with Crippen LogP contribution in [0.25, 0.3) is 16.5 Å². The van der Waals surface area contributed by atoms with E-state index < -0.39 is 0 Å². The van der Waals surface area contributed by atoms with Gasteiger partial charge in [-0.25, -0.2) is 0 Å². The second kappa shape index (κ2) is 9.61. The molecule has 0 saturated carbocycles. The van der Waals surface area contributed by atoms with Gasteiger partial charge in [-0.05, 0) is 56.3 Å². The lowest BCUT2D eigenvalue weighted by Gasteiger charge is -2.24. The van der Waals surface area contributed by atoms with Crippen molar-refractivity contribution in [3.05, 3.63) is 94.9 Å². The molecule has 1 amide bonds. The third-order valence-corrected chi connectivity index (χ3v) is 5.52. The Morgan fingerprint density at radius 3 is 2.24 bits per heavy atom. The zero-order valence-corrected chi connectivity index (χ0v) is 18.9. The first-order valence-electron chi connectivity index (χ1n) is 10.9. The van der Waals surface area contributed by atoms with Gasteiger partial charge < -0.3 is 14.4 Å². The van der Waals surface area contributed by atoms with Crippen molar-refractivity contribution in [2.75, 3.05) is 25.2 Å². The fraction of sp³-hybridized carbons (Fsp3) is 0.185. The summed E-state index contributed by atoms with van der Waals surface area (Å²) in [5, 5.41) is 1.10. The second-order valence-corrected chi connectivity index (χ2v) is 7.41. The molecule has 1 aromatic heterocycles. The number of carbonyl (C=O) groups excluding carboxylic acids is 1. The molecule has 0 spiro atoms. The van der Waals surface area contributed by atoms with Crippen molar-refractivity contribution in [1.29, 1.82) is 0 Å². The quantitative estimate of drug-likeness (QED) is 0.401.